The first-order valence-electron chi connectivity index (χ1n) is 9.35. The van der Waals surface area contributed by atoms with Gasteiger partial charge in [0, 0.05) is 31.9 Å². The van der Waals surface area contributed by atoms with E-state index in [0.29, 0.717) is 25.6 Å². The first-order chi connectivity index (χ1) is 13.7. The van der Waals surface area contributed by atoms with Crippen LogP contribution in [0.25, 0.3) is 0 Å². The average Bonchev–Trinajstić information content (AvgIpc) is 2.75. The number of aromatic nitrogens is 1. The molecule has 0 bridgehead atoms. The van der Waals surface area contributed by atoms with E-state index < -0.39 is 0 Å². The van der Waals surface area contributed by atoms with E-state index in [4.69, 9.17) is 4.74 Å². The molecule has 2 N–H and O–H groups in total. The summed E-state index contributed by atoms with van der Waals surface area (Å²) in [5.74, 6) is 1.37. The highest BCUT2D eigenvalue weighted by atomic mass is 127. The standard InChI is InChI=1S/C23H26N4O.HI/c1-18-10-12-19(13-11-18)15-26-23(24-2)27-16-21-9-6-14-25-22(21)28-17-20-7-4-3-5-8-20;/h3-14H,15-17H2,1-2H3,(H2,24,26,27);1H. The minimum absolute atomic E-state index is 0. The van der Waals surface area contributed by atoms with E-state index >= 15 is 0 Å². The summed E-state index contributed by atoms with van der Waals surface area (Å²) in [6.45, 7) is 3.87. The number of pyridine rings is 1. The van der Waals surface area contributed by atoms with Crippen molar-refractivity contribution in [2.24, 2.45) is 4.99 Å². The maximum Gasteiger partial charge on any atom is 0.218 e. The van der Waals surface area contributed by atoms with Gasteiger partial charge in [0.25, 0.3) is 0 Å². The molecule has 6 heteroatoms. The summed E-state index contributed by atoms with van der Waals surface area (Å²) in [6, 6.07) is 22.5. The molecule has 0 saturated carbocycles. The van der Waals surface area contributed by atoms with Gasteiger partial charge in [0.05, 0.1) is 0 Å². The normalized spacial score (nSPS) is 10.8. The number of aryl methyl sites for hydroxylation is 1. The van der Waals surface area contributed by atoms with Gasteiger partial charge < -0.3 is 15.4 Å². The van der Waals surface area contributed by atoms with Crippen LogP contribution in [-0.2, 0) is 19.7 Å². The van der Waals surface area contributed by atoms with Gasteiger partial charge in [-0.2, -0.15) is 0 Å². The highest BCUT2D eigenvalue weighted by molar-refractivity contribution is 14.0. The summed E-state index contributed by atoms with van der Waals surface area (Å²) in [5, 5.41) is 6.66. The van der Waals surface area contributed by atoms with Crippen LogP contribution in [0.2, 0.25) is 0 Å². The maximum absolute atomic E-state index is 5.92. The molecule has 5 nitrogen and oxygen atoms in total. The summed E-state index contributed by atoms with van der Waals surface area (Å²) in [6.07, 6.45) is 1.74. The van der Waals surface area contributed by atoms with Gasteiger partial charge in [0.15, 0.2) is 5.96 Å². The SMILES string of the molecule is CN=C(NCc1ccc(C)cc1)NCc1cccnc1OCc1ccccc1.I. The summed E-state index contributed by atoms with van der Waals surface area (Å²) in [4.78, 5) is 8.67. The Morgan fingerprint density at radius 2 is 1.62 bits per heavy atom. The third-order valence-electron chi connectivity index (χ3n) is 4.32. The van der Waals surface area contributed by atoms with Gasteiger partial charge in [-0.3, -0.25) is 4.99 Å². The topological polar surface area (TPSA) is 58.5 Å². The molecule has 152 valence electrons. The van der Waals surface area contributed by atoms with Gasteiger partial charge >= 0.3 is 0 Å². The van der Waals surface area contributed by atoms with Crippen molar-refractivity contribution in [3.05, 3.63) is 95.2 Å². The Hall–Kier alpha value is -2.61. The zero-order valence-electron chi connectivity index (χ0n) is 16.8. The summed E-state index contributed by atoms with van der Waals surface area (Å²) in [5.41, 5.74) is 4.56. The number of rotatable bonds is 7. The molecular formula is C23H27IN4O. The molecule has 0 amide bonds. The molecule has 0 atom stereocenters. The quantitative estimate of drug-likeness (QED) is 0.285. The van der Waals surface area contributed by atoms with Crippen molar-refractivity contribution in [1.29, 1.82) is 0 Å². The first-order valence-corrected chi connectivity index (χ1v) is 9.35. The number of hydrogen-bond donors (Lipinski definition) is 2. The van der Waals surface area contributed by atoms with Crippen LogP contribution in [0.15, 0.2) is 77.9 Å². The Morgan fingerprint density at radius 1 is 0.897 bits per heavy atom. The van der Waals surface area contributed by atoms with Gasteiger partial charge in [0.1, 0.15) is 6.61 Å². The zero-order valence-corrected chi connectivity index (χ0v) is 19.1. The molecule has 0 fully saturated rings. The molecule has 3 aromatic rings. The van der Waals surface area contributed by atoms with E-state index in [1.54, 1.807) is 13.2 Å². The van der Waals surface area contributed by atoms with Crippen molar-refractivity contribution in [3.8, 4) is 5.88 Å². The molecule has 0 aliphatic heterocycles. The molecule has 0 saturated heterocycles. The lowest BCUT2D eigenvalue weighted by atomic mass is 10.1. The second-order valence-electron chi connectivity index (χ2n) is 6.51. The Morgan fingerprint density at radius 3 is 2.34 bits per heavy atom. The second-order valence-corrected chi connectivity index (χ2v) is 6.51. The van der Waals surface area contributed by atoms with Crippen molar-refractivity contribution >= 4 is 29.9 Å². The minimum atomic E-state index is 0. The van der Waals surface area contributed by atoms with Crippen LogP contribution in [0.5, 0.6) is 5.88 Å². The highest BCUT2D eigenvalue weighted by Crippen LogP contribution is 2.16. The van der Waals surface area contributed by atoms with E-state index in [1.807, 2.05) is 42.5 Å². The first kappa shape index (κ1) is 22.7. The Labute approximate surface area is 189 Å². The largest absolute Gasteiger partial charge is 0.473 e. The molecule has 0 unspecified atom stereocenters. The molecule has 29 heavy (non-hydrogen) atoms. The number of nitrogens with zero attached hydrogens (tertiary/aromatic N) is 2. The van der Waals surface area contributed by atoms with Gasteiger partial charge in [0.2, 0.25) is 5.88 Å². The van der Waals surface area contributed by atoms with Crippen LogP contribution in [-0.4, -0.2) is 18.0 Å². The van der Waals surface area contributed by atoms with Crippen molar-refractivity contribution in [2.45, 2.75) is 26.6 Å². The van der Waals surface area contributed by atoms with E-state index in [1.165, 1.54) is 11.1 Å². The fourth-order valence-electron chi connectivity index (χ4n) is 2.71. The summed E-state index contributed by atoms with van der Waals surface area (Å²) >= 11 is 0. The van der Waals surface area contributed by atoms with Crippen LogP contribution in [0.4, 0.5) is 0 Å². The van der Waals surface area contributed by atoms with Gasteiger partial charge in [-0.25, -0.2) is 4.98 Å². The zero-order chi connectivity index (χ0) is 19.6. The van der Waals surface area contributed by atoms with E-state index in [2.05, 4.69) is 51.8 Å². The smallest absolute Gasteiger partial charge is 0.218 e. The van der Waals surface area contributed by atoms with Crippen LogP contribution in [0.1, 0.15) is 22.3 Å². The number of benzene rings is 2. The van der Waals surface area contributed by atoms with Crippen molar-refractivity contribution < 1.29 is 4.74 Å². The summed E-state index contributed by atoms with van der Waals surface area (Å²) in [7, 11) is 1.76. The van der Waals surface area contributed by atoms with Crippen molar-refractivity contribution in [3.63, 3.8) is 0 Å². The third-order valence-corrected chi connectivity index (χ3v) is 4.32. The van der Waals surface area contributed by atoms with E-state index in [9.17, 15) is 0 Å². The van der Waals surface area contributed by atoms with E-state index in [-0.39, 0.29) is 24.0 Å². The molecule has 1 heterocycles. The number of ether oxygens (including phenoxy) is 1. The lowest BCUT2D eigenvalue weighted by molar-refractivity contribution is 0.290. The number of aliphatic imine (C=N–C) groups is 1. The number of guanidine groups is 1. The molecule has 3 rings (SSSR count). The van der Waals surface area contributed by atoms with Crippen molar-refractivity contribution in [2.75, 3.05) is 7.05 Å². The molecule has 0 aliphatic carbocycles. The lowest BCUT2D eigenvalue weighted by Gasteiger charge is -2.14. The number of nitrogens with one attached hydrogen (secondary N) is 2. The Balaban J connectivity index is 0.00000300. The number of halogens is 1. The van der Waals surface area contributed by atoms with Crippen LogP contribution in [0.3, 0.4) is 0 Å². The van der Waals surface area contributed by atoms with Gasteiger partial charge in [-0.15, -0.1) is 24.0 Å². The Bertz CT molecular complexity index is 898. The fraction of sp³-hybridized carbons (Fsp3) is 0.217. The third kappa shape index (κ3) is 7.38. The minimum Gasteiger partial charge on any atom is -0.473 e. The van der Waals surface area contributed by atoms with Gasteiger partial charge in [-0.1, -0.05) is 66.2 Å². The molecule has 2 aromatic carbocycles. The molecule has 1 aromatic heterocycles. The van der Waals surface area contributed by atoms with Crippen LogP contribution < -0.4 is 15.4 Å². The van der Waals surface area contributed by atoms with Crippen LogP contribution >= 0.6 is 24.0 Å². The second kappa shape index (κ2) is 12.1. The average molecular weight is 502 g/mol. The lowest BCUT2D eigenvalue weighted by Crippen LogP contribution is -2.36. The maximum atomic E-state index is 5.92. The fourth-order valence-corrected chi connectivity index (χ4v) is 2.71. The predicted molar refractivity (Wildman–Crippen MR) is 129 cm³/mol. The van der Waals surface area contributed by atoms with Crippen LogP contribution in [0, 0.1) is 6.92 Å². The molecular weight excluding hydrogens is 475 g/mol. The predicted octanol–water partition coefficient (Wildman–Crippen LogP) is 4.45. The monoisotopic (exact) mass is 502 g/mol. The molecule has 0 radical (unpaired) electrons. The molecule has 0 aliphatic rings. The van der Waals surface area contributed by atoms with Crippen molar-refractivity contribution in [1.82, 2.24) is 15.6 Å². The molecule has 0 spiro atoms. The number of hydrogen-bond acceptors (Lipinski definition) is 3. The van der Waals surface area contributed by atoms with Gasteiger partial charge in [-0.05, 0) is 24.1 Å². The van der Waals surface area contributed by atoms with E-state index in [0.717, 1.165) is 17.1 Å². The highest BCUT2D eigenvalue weighted by Gasteiger charge is 2.06. The summed E-state index contributed by atoms with van der Waals surface area (Å²) < 4.78 is 5.92. The Kier molecular flexibility index (Phi) is 9.43.